The van der Waals surface area contributed by atoms with Crippen LogP contribution in [0.1, 0.15) is 49.3 Å². The van der Waals surface area contributed by atoms with E-state index in [0.717, 1.165) is 17.0 Å². The van der Waals surface area contributed by atoms with Crippen LogP contribution in [0.3, 0.4) is 0 Å². The van der Waals surface area contributed by atoms with Gasteiger partial charge in [0.1, 0.15) is 0 Å². The largest absolute Gasteiger partial charge is 0.462 e. The molecule has 0 bridgehead atoms. The monoisotopic (exact) mass is 337 g/mol. The predicted octanol–water partition coefficient (Wildman–Crippen LogP) is 4.18. The van der Waals surface area contributed by atoms with Crippen molar-refractivity contribution in [2.24, 2.45) is 0 Å². The summed E-state index contributed by atoms with van der Waals surface area (Å²) < 4.78 is 6.77. The maximum absolute atomic E-state index is 12.0. The van der Waals surface area contributed by atoms with Gasteiger partial charge in [-0.1, -0.05) is 45.0 Å². The Labute approximate surface area is 147 Å². The summed E-state index contributed by atoms with van der Waals surface area (Å²) in [5.74, 6) is -0.374. The van der Waals surface area contributed by atoms with Gasteiger partial charge in [0.2, 0.25) is 0 Å². The highest BCUT2D eigenvalue weighted by atomic mass is 16.5. The fraction of sp³-hybridized carbons (Fsp3) is 0.350. The van der Waals surface area contributed by atoms with Crippen molar-refractivity contribution in [3.8, 4) is 11.3 Å². The van der Waals surface area contributed by atoms with Crippen molar-refractivity contribution in [3.63, 3.8) is 0 Å². The summed E-state index contributed by atoms with van der Waals surface area (Å²) >= 11 is 0. The Kier molecular flexibility index (Phi) is 4.33. The average molecular weight is 337 g/mol. The van der Waals surface area contributed by atoms with Gasteiger partial charge in [-0.2, -0.15) is 5.10 Å². The van der Waals surface area contributed by atoms with Crippen molar-refractivity contribution in [2.75, 3.05) is 6.61 Å². The van der Waals surface area contributed by atoms with Crippen molar-refractivity contribution in [1.29, 1.82) is 0 Å². The van der Waals surface area contributed by atoms with E-state index in [2.05, 4.69) is 55.1 Å². The molecule has 130 valence electrons. The molecule has 0 N–H and O–H groups in total. The lowest BCUT2D eigenvalue weighted by atomic mass is 9.86. The summed E-state index contributed by atoms with van der Waals surface area (Å²) in [7, 11) is 0. The van der Waals surface area contributed by atoms with E-state index >= 15 is 0 Å². The number of rotatable bonds is 3. The molecule has 1 aromatic carbocycles. The number of aromatic nitrogens is 3. The first-order valence-electron chi connectivity index (χ1n) is 8.44. The lowest BCUT2D eigenvalue weighted by molar-refractivity contribution is 0.0524. The zero-order valence-corrected chi connectivity index (χ0v) is 15.3. The normalized spacial score (nSPS) is 11.7. The molecule has 3 rings (SSSR count). The highest BCUT2D eigenvalue weighted by Crippen LogP contribution is 2.26. The Balaban J connectivity index is 2.01. The number of ether oxygens (including phenoxy) is 1. The fourth-order valence-corrected chi connectivity index (χ4v) is 2.74. The molecule has 0 radical (unpaired) electrons. The Morgan fingerprint density at radius 1 is 1.20 bits per heavy atom. The summed E-state index contributed by atoms with van der Waals surface area (Å²) in [6.45, 7) is 10.5. The zero-order chi connectivity index (χ0) is 18.2. The lowest BCUT2D eigenvalue weighted by Crippen LogP contribution is -2.11. The van der Waals surface area contributed by atoms with Gasteiger partial charge in [0, 0.05) is 17.8 Å². The molecule has 5 heteroatoms. The van der Waals surface area contributed by atoms with E-state index in [1.807, 2.05) is 13.0 Å². The van der Waals surface area contributed by atoms with E-state index in [1.54, 1.807) is 17.6 Å². The second kappa shape index (κ2) is 6.31. The average Bonchev–Trinajstić information content (AvgIpc) is 3.00. The van der Waals surface area contributed by atoms with Crippen LogP contribution in [0, 0.1) is 6.92 Å². The first-order chi connectivity index (χ1) is 11.8. The fourth-order valence-electron chi connectivity index (χ4n) is 2.74. The SMILES string of the molecule is CCOC(=O)c1cnc2cc(-c3ccc(C(C)(C)C)cc3)nn2c1C. The van der Waals surface area contributed by atoms with Crippen molar-refractivity contribution >= 4 is 11.6 Å². The van der Waals surface area contributed by atoms with Crippen LogP contribution in [0.5, 0.6) is 0 Å². The van der Waals surface area contributed by atoms with Gasteiger partial charge in [-0.15, -0.1) is 0 Å². The van der Waals surface area contributed by atoms with Crippen LogP contribution in [0.25, 0.3) is 16.9 Å². The molecule has 0 aliphatic carbocycles. The Hall–Kier alpha value is -2.69. The van der Waals surface area contributed by atoms with Gasteiger partial charge in [0.05, 0.1) is 23.6 Å². The third kappa shape index (κ3) is 3.27. The van der Waals surface area contributed by atoms with E-state index in [-0.39, 0.29) is 11.4 Å². The molecule has 2 heterocycles. The molecule has 0 aliphatic rings. The standard InChI is InChI=1S/C20H23N3O2/c1-6-25-19(24)16-12-21-18-11-17(22-23(18)13(16)2)14-7-9-15(10-8-14)20(3,4)5/h7-12H,6H2,1-5H3. The third-order valence-electron chi connectivity index (χ3n) is 4.27. The molecule has 0 saturated heterocycles. The van der Waals surface area contributed by atoms with Crippen molar-refractivity contribution in [3.05, 3.63) is 53.3 Å². The van der Waals surface area contributed by atoms with Gasteiger partial charge < -0.3 is 4.74 Å². The van der Waals surface area contributed by atoms with Crippen molar-refractivity contribution in [2.45, 2.75) is 40.0 Å². The zero-order valence-electron chi connectivity index (χ0n) is 15.3. The third-order valence-corrected chi connectivity index (χ3v) is 4.27. The molecule has 0 spiro atoms. The molecule has 0 atom stereocenters. The summed E-state index contributed by atoms with van der Waals surface area (Å²) in [5, 5.41) is 4.62. The smallest absolute Gasteiger partial charge is 0.341 e. The molecule has 0 aliphatic heterocycles. The van der Waals surface area contributed by atoms with Gasteiger partial charge in [-0.25, -0.2) is 14.3 Å². The minimum Gasteiger partial charge on any atom is -0.462 e. The van der Waals surface area contributed by atoms with Crippen molar-refractivity contribution in [1.82, 2.24) is 14.6 Å². The predicted molar refractivity (Wildman–Crippen MR) is 97.8 cm³/mol. The summed E-state index contributed by atoms with van der Waals surface area (Å²) in [5.41, 5.74) is 5.12. The number of hydrogen-bond donors (Lipinski definition) is 0. The molecule has 25 heavy (non-hydrogen) atoms. The Morgan fingerprint density at radius 3 is 2.48 bits per heavy atom. The number of fused-ring (bicyclic) bond motifs is 1. The van der Waals surface area contributed by atoms with E-state index in [4.69, 9.17) is 4.74 Å². The molecule has 2 aromatic heterocycles. The quantitative estimate of drug-likeness (QED) is 0.673. The molecular weight excluding hydrogens is 314 g/mol. The maximum atomic E-state index is 12.0. The number of hydrogen-bond acceptors (Lipinski definition) is 4. The van der Waals surface area contributed by atoms with E-state index in [9.17, 15) is 4.79 Å². The van der Waals surface area contributed by atoms with Crippen LogP contribution in [-0.2, 0) is 10.2 Å². The topological polar surface area (TPSA) is 56.5 Å². The van der Waals surface area contributed by atoms with Crippen LogP contribution in [-0.4, -0.2) is 27.2 Å². The van der Waals surface area contributed by atoms with Crippen LogP contribution in [0.4, 0.5) is 0 Å². The molecular formula is C20H23N3O2. The van der Waals surface area contributed by atoms with Crippen LogP contribution < -0.4 is 0 Å². The molecule has 0 amide bonds. The van der Waals surface area contributed by atoms with E-state index in [0.29, 0.717) is 17.8 Å². The highest BCUT2D eigenvalue weighted by molar-refractivity contribution is 5.90. The van der Waals surface area contributed by atoms with Crippen LogP contribution >= 0.6 is 0 Å². The first-order valence-corrected chi connectivity index (χ1v) is 8.44. The minimum absolute atomic E-state index is 0.115. The van der Waals surface area contributed by atoms with E-state index < -0.39 is 0 Å². The summed E-state index contributed by atoms with van der Waals surface area (Å²) in [6, 6.07) is 10.3. The van der Waals surface area contributed by atoms with Crippen LogP contribution in [0.2, 0.25) is 0 Å². The summed E-state index contributed by atoms with van der Waals surface area (Å²) in [6.07, 6.45) is 1.55. The number of nitrogens with zero attached hydrogens (tertiary/aromatic N) is 3. The molecule has 0 fully saturated rings. The Morgan fingerprint density at radius 2 is 1.88 bits per heavy atom. The summed E-state index contributed by atoms with van der Waals surface area (Å²) in [4.78, 5) is 16.4. The molecule has 3 aromatic rings. The highest BCUT2D eigenvalue weighted by Gasteiger charge is 2.17. The number of aryl methyl sites for hydroxylation is 1. The molecule has 0 unspecified atom stereocenters. The Bertz CT molecular complexity index is 919. The molecule has 0 saturated carbocycles. The van der Waals surface area contributed by atoms with Crippen LogP contribution in [0.15, 0.2) is 36.5 Å². The number of carbonyl (C=O) groups is 1. The maximum Gasteiger partial charge on any atom is 0.341 e. The van der Waals surface area contributed by atoms with Gasteiger partial charge >= 0.3 is 5.97 Å². The second-order valence-electron chi connectivity index (χ2n) is 7.10. The number of carbonyl (C=O) groups excluding carboxylic acids is 1. The van der Waals surface area contributed by atoms with Crippen molar-refractivity contribution < 1.29 is 9.53 Å². The number of esters is 1. The van der Waals surface area contributed by atoms with Gasteiger partial charge in [-0.05, 0) is 24.8 Å². The minimum atomic E-state index is -0.374. The van der Waals surface area contributed by atoms with Gasteiger partial charge in [0.15, 0.2) is 5.65 Å². The van der Waals surface area contributed by atoms with Gasteiger partial charge in [-0.3, -0.25) is 0 Å². The van der Waals surface area contributed by atoms with E-state index in [1.165, 1.54) is 5.56 Å². The number of benzene rings is 1. The molecule has 5 nitrogen and oxygen atoms in total. The first kappa shape index (κ1) is 17.1. The lowest BCUT2D eigenvalue weighted by Gasteiger charge is -2.18. The van der Waals surface area contributed by atoms with Gasteiger partial charge in [0.25, 0.3) is 0 Å². The second-order valence-corrected chi connectivity index (χ2v) is 7.10.